The molecular formula is C18H12F22O9. The Balaban J connectivity index is -0.000000466. The van der Waals surface area contributed by atoms with E-state index < -0.39 is 86.3 Å². The highest BCUT2D eigenvalue weighted by Crippen LogP contribution is 2.53. The van der Waals surface area contributed by atoms with E-state index in [-0.39, 0.29) is 0 Å². The van der Waals surface area contributed by atoms with Gasteiger partial charge in [0, 0.05) is 10.3 Å². The number of carbonyl (C=O) groups is 2. The van der Waals surface area contributed by atoms with Gasteiger partial charge in [0.15, 0.2) is 0 Å². The van der Waals surface area contributed by atoms with Gasteiger partial charge < -0.3 is 9.47 Å². The van der Waals surface area contributed by atoms with Crippen molar-refractivity contribution >= 4 is 24.0 Å². The number of rotatable bonds is 16. The van der Waals surface area contributed by atoms with E-state index in [4.69, 9.17) is 27.7 Å². The molecule has 292 valence electrons. The zero-order chi connectivity index (χ0) is 40.9. The number of hydrogen-bond donors (Lipinski definition) is 0. The lowest BCUT2D eigenvalue weighted by molar-refractivity contribution is -0.473. The fourth-order valence-corrected chi connectivity index (χ4v) is 1.80. The van der Waals surface area contributed by atoms with Crippen LogP contribution in [-0.2, 0) is 43.7 Å². The highest BCUT2D eigenvalue weighted by molar-refractivity contribution is 5.74. The fourth-order valence-electron chi connectivity index (χ4n) is 1.80. The van der Waals surface area contributed by atoms with E-state index in [1.54, 1.807) is 0 Å². The summed E-state index contributed by atoms with van der Waals surface area (Å²) in [6.07, 6.45) is -26.6. The standard InChI is InChI=1S/C14H8F18O5.2C2H2O.2F2O/c15-1-7(19,9(21,22)3-35-11(25,26)5(17)33)13(29,30)37-14(31,32)8(20,2-16)10(23,24)4-36-12(27,28)6(18)34;2*1-2-3;2*1-3-2/h1-4H2;2*1H2;;. The topological polar surface area (TPSA) is 114 Å². The summed E-state index contributed by atoms with van der Waals surface area (Å²) in [5.41, 5.74) is -13.5. The molecule has 0 saturated heterocycles. The third-order valence-electron chi connectivity index (χ3n) is 4.03. The van der Waals surface area contributed by atoms with Crippen molar-refractivity contribution in [3.63, 3.8) is 0 Å². The van der Waals surface area contributed by atoms with Crippen LogP contribution in [0.4, 0.5) is 97.1 Å². The fraction of sp³-hybridized carbons (Fsp3) is 0.667. The largest absolute Gasteiger partial charge is 0.448 e. The molecule has 9 nitrogen and oxygen atoms in total. The van der Waals surface area contributed by atoms with E-state index in [0.717, 1.165) is 0 Å². The van der Waals surface area contributed by atoms with Gasteiger partial charge in [-0.3, -0.25) is 9.59 Å². The van der Waals surface area contributed by atoms with E-state index in [1.165, 1.54) is 22.2 Å². The molecule has 49 heavy (non-hydrogen) atoms. The van der Waals surface area contributed by atoms with E-state index in [9.17, 15) is 88.6 Å². The minimum absolute atomic E-state index is 1.25. The number of hydrogen-bond acceptors (Lipinski definition) is 9. The average molecular weight is 790 g/mol. The van der Waals surface area contributed by atoms with Crippen molar-refractivity contribution in [2.75, 3.05) is 26.6 Å². The molecule has 0 aliphatic rings. The first-order chi connectivity index (χ1) is 21.8. The van der Waals surface area contributed by atoms with Gasteiger partial charge in [-0.05, 0) is 31.3 Å². The Morgan fingerprint density at radius 3 is 0.857 bits per heavy atom. The molecule has 0 fully saturated rings. The van der Waals surface area contributed by atoms with Crippen LogP contribution in [0.1, 0.15) is 0 Å². The van der Waals surface area contributed by atoms with Crippen LogP contribution in [0, 0.1) is 0 Å². The third-order valence-corrected chi connectivity index (χ3v) is 4.03. The first-order valence-corrected chi connectivity index (χ1v) is 10.0. The first-order valence-electron chi connectivity index (χ1n) is 10.0. The molecule has 0 aliphatic heterocycles. The lowest BCUT2D eigenvalue weighted by atomic mass is 9.95. The van der Waals surface area contributed by atoms with Gasteiger partial charge in [-0.2, -0.15) is 61.5 Å². The molecule has 0 aliphatic carbocycles. The minimum atomic E-state index is -7.35. The van der Waals surface area contributed by atoms with Gasteiger partial charge in [0.05, 0.1) is 0 Å². The summed E-state index contributed by atoms with van der Waals surface area (Å²) in [7, 11) is 0. The van der Waals surface area contributed by atoms with Crippen molar-refractivity contribution < 1.29 is 141 Å². The van der Waals surface area contributed by atoms with Crippen molar-refractivity contribution in [1.29, 1.82) is 0 Å². The van der Waals surface area contributed by atoms with Gasteiger partial charge in [-0.25, -0.2) is 31.9 Å². The molecule has 0 N–H and O–H groups in total. The quantitative estimate of drug-likeness (QED) is 0.0973. The van der Waals surface area contributed by atoms with Crippen molar-refractivity contribution in [2.45, 2.75) is 47.6 Å². The highest BCUT2D eigenvalue weighted by atomic mass is 19.6. The minimum Gasteiger partial charge on any atom is -0.305 e. The van der Waals surface area contributed by atoms with Gasteiger partial charge in [-0.15, -0.1) is 0 Å². The second-order valence-corrected chi connectivity index (χ2v) is 6.98. The molecule has 0 spiro atoms. The van der Waals surface area contributed by atoms with Crippen LogP contribution < -0.4 is 0 Å². The van der Waals surface area contributed by atoms with E-state index in [1.807, 2.05) is 4.74 Å². The molecule has 0 aromatic heterocycles. The van der Waals surface area contributed by atoms with E-state index in [2.05, 4.69) is 22.6 Å². The number of ether oxygens (including phenoxy) is 3. The lowest BCUT2D eigenvalue weighted by Crippen LogP contribution is -2.68. The van der Waals surface area contributed by atoms with Gasteiger partial charge in [0.2, 0.25) is 0 Å². The van der Waals surface area contributed by atoms with Crippen LogP contribution in [0.25, 0.3) is 0 Å². The third kappa shape index (κ3) is 16.2. The predicted molar refractivity (Wildman–Crippen MR) is 104 cm³/mol. The summed E-state index contributed by atoms with van der Waals surface area (Å²) < 4.78 is 281. The summed E-state index contributed by atoms with van der Waals surface area (Å²) >= 11 is 0. The van der Waals surface area contributed by atoms with Crippen LogP contribution in [0.2, 0.25) is 0 Å². The molecule has 0 aromatic carbocycles. The molecule has 0 aromatic rings. The normalized spacial score (nSPS) is 14.5. The van der Waals surface area contributed by atoms with Crippen LogP contribution in [0.15, 0.2) is 13.2 Å². The highest BCUT2D eigenvalue weighted by Gasteiger charge is 2.79. The monoisotopic (exact) mass is 790 g/mol. The maximum atomic E-state index is 14.1. The second kappa shape index (κ2) is 22.3. The Labute approximate surface area is 253 Å². The molecule has 0 amide bonds. The zero-order valence-electron chi connectivity index (χ0n) is 22.2. The molecule has 0 radical (unpaired) electrons. The molecule has 0 rings (SSSR count). The Hall–Kier alpha value is -3.50. The summed E-state index contributed by atoms with van der Waals surface area (Å²) in [5, 5.41) is 2.50. The molecule has 0 bridgehead atoms. The number of alkyl halides is 16. The maximum absolute atomic E-state index is 14.1. The number of halogens is 22. The lowest BCUT2D eigenvalue weighted by Gasteiger charge is -2.41. The molecule has 31 heteroatoms. The van der Waals surface area contributed by atoms with Crippen molar-refractivity contribution in [3.8, 4) is 0 Å². The Bertz CT molecular complexity index is 968. The van der Waals surface area contributed by atoms with Crippen LogP contribution >= 0.6 is 0 Å². The van der Waals surface area contributed by atoms with E-state index >= 15 is 0 Å². The van der Waals surface area contributed by atoms with Crippen molar-refractivity contribution in [1.82, 2.24) is 0 Å². The Morgan fingerprint density at radius 1 is 0.531 bits per heavy atom. The van der Waals surface area contributed by atoms with Crippen LogP contribution in [0.3, 0.4) is 0 Å². The van der Waals surface area contributed by atoms with Gasteiger partial charge in [0.25, 0.3) is 11.3 Å². The second-order valence-electron chi connectivity index (χ2n) is 6.98. The predicted octanol–water partition coefficient (Wildman–Crippen LogP) is 6.58. The summed E-state index contributed by atoms with van der Waals surface area (Å²) in [5.74, 6) is -10.7. The molecular weight excluding hydrogens is 778 g/mol. The van der Waals surface area contributed by atoms with Crippen LogP contribution in [0.5, 0.6) is 0 Å². The van der Waals surface area contributed by atoms with Gasteiger partial charge in [-0.1, -0.05) is 0 Å². The van der Waals surface area contributed by atoms with E-state index in [0.29, 0.717) is 0 Å². The first kappa shape index (κ1) is 54.9. The van der Waals surface area contributed by atoms with Gasteiger partial charge >= 0.3 is 48.4 Å². The zero-order valence-corrected chi connectivity index (χ0v) is 22.2. The smallest absolute Gasteiger partial charge is 0.305 e. The SMILES string of the molecule is C=C=O.C=C=O.FOF.FOF.O=C(F)C(F)(F)OCC(F)(F)C(F)(CF)C(F)(F)OC(F)(F)C(F)(CF)C(F)(F)COC(F)(F)C(=O)F. The van der Waals surface area contributed by atoms with Gasteiger partial charge in [0.1, 0.15) is 38.4 Å². The van der Waals surface area contributed by atoms with Crippen molar-refractivity contribution in [3.05, 3.63) is 13.2 Å². The maximum Gasteiger partial charge on any atom is 0.448 e. The molecule has 0 heterocycles. The number of carbonyl (C=O) groups excluding carboxylic acids is 4. The average Bonchev–Trinajstić information content (AvgIpc) is 2.95. The summed E-state index contributed by atoms with van der Waals surface area (Å²) in [6, 6.07) is -7.84. The Kier molecular flexibility index (Phi) is 25.0. The molecule has 2 unspecified atom stereocenters. The molecule has 2 atom stereocenters. The summed E-state index contributed by atoms with van der Waals surface area (Å²) in [4.78, 5) is 36.7. The summed E-state index contributed by atoms with van der Waals surface area (Å²) in [6.45, 7) is -9.94. The molecule has 0 saturated carbocycles. The Morgan fingerprint density at radius 2 is 0.714 bits per heavy atom. The van der Waals surface area contributed by atoms with Crippen molar-refractivity contribution in [2.24, 2.45) is 0 Å². The van der Waals surface area contributed by atoms with Crippen LogP contribution in [-0.4, -0.2) is 98.1 Å².